The topological polar surface area (TPSA) is 45.2 Å². The quantitative estimate of drug-likeness (QED) is 0.922. The molecule has 0 atom stereocenters. The van der Waals surface area contributed by atoms with E-state index in [1.807, 2.05) is 12.3 Å². The van der Waals surface area contributed by atoms with Crippen LogP contribution in [0.3, 0.4) is 0 Å². The Hall–Kier alpha value is -1.42. The van der Waals surface area contributed by atoms with Crippen molar-refractivity contribution in [1.29, 1.82) is 0 Å². The molecule has 0 unspecified atom stereocenters. The van der Waals surface area contributed by atoms with Crippen molar-refractivity contribution in [3.63, 3.8) is 0 Å². The van der Waals surface area contributed by atoms with Gasteiger partial charge < -0.3 is 5.32 Å². The molecule has 4 heteroatoms. The van der Waals surface area contributed by atoms with Crippen molar-refractivity contribution in [2.75, 3.05) is 25.0 Å². The minimum absolute atomic E-state index is 0.0423. The lowest BCUT2D eigenvalue weighted by Crippen LogP contribution is -2.36. The number of amides is 1. The van der Waals surface area contributed by atoms with Gasteiger partial charge in [-0.25, -0.2) is 0 Å². The molecule has 0 bridgehead atoms. The number of nitrogens with zero attached hydrogens (tertiary/aromatic N) is 2. The zero-order valence-electron chi connectivity index (χ0n) is 12.8. The molecule has 1 aromatic rings. The van der Waals surface area contributed by atoms with Crippen LogP contribution in [0.5, 0.6) is 0 Å². The number of carbonyl (C=O) groups excluding carboxylic acids is 1. The summed E-state index contributed by atoms with van der Waals surface area (Å²) >= 11 is 0. The lowest BCUT2D eigenvalue weighted by molar-refractivity contribution is -0.117. The number of rotatable bonds is 3. The molecule has 1 aromatic heterocycles. The molecule has 1 amide bonds. The van der Waals surface area contributed by atoms with Crippen LogP contribution in [0.15, 0.2) is 18.5 Å². The lowest BCUT2D eigenvalue weighted by Gasteiger charge is -2.25. The van der Waals surface area contributed by atoms with Gasteiger partial charge >= 0.3 is 0 Å². The first-order valence-electron chi connectivity index (χ1n) is 7.43. The van der Waals surface area contributed by atoms with Gasteiger partial charge in [-0.15, -0.1) is 0 Å². The molecule has 20 heavy (non-hydrogen) atoms. The van der Waals surface area contributed by atoms with E-state index < -0.39 is 0 Å². The van der Waals surface area contributed by atoms with Crippen molar-refractivity contribution < 1.29 is 4.79 Å². The normalized spacial score (nSPS) is 16.9. The fourth-order valence-corrected chi connectivity index (χ4v) is 2.44. The summed E-state index contributed by atoms with van der Waals surface area (Å²) in [5.74, 6) is 0.0553. The van der Waals surface area contributed by atoms with E-state index >= 15 is 0 Å². The maximum absolute atomic E-state index is 12.1. The first-order chi connectivity index (χ1) is 9.45. The number of anilines is 1. The highest BCUT2D eigenvalue weighted by Gasteiger charge is 2.16. The molecule has 0 aliphatic carbocycles. The molecule has 0 radical (unpaired) electrons. The molecule has 2 heterocycles. The zero-order valence-corrected chi connectivity index (χ0v) is 12.8. The first kappa shape index (κ1) is 15.0. The summed E-state index contributed by atoms with van der Waals surface area (Å²) < 4.78 is 0. The molecule has 2 rings (SSSR count). The van der Waals surface area contributed by atoms with Crippen molar-refractivity contribution in [3.05, 3.63) is 24.0 Å². The summed E-state index contributed by atoms with van der Waals surface area (Å²) in [6, 6.07) is 2.01. The van der Waals surface area contributed by atoms with Gasteiger partial charge in [0.1, 0.15) is 0 Å². The summed E-state index contributed by atoms with van der Waals surface area (Å²) in [7, 11) is 0. The molecular weight excluding hydrogens is 250 g/mol. The van der Waals surface area contributed by atoms with Gasteiger partial charge in [-0.3, -0.25) is 14.7 Å². The highest BCUT2D eigenvalue weighted by atomic mass is 16.2. The molecule has 0 spiro atoms. The van der Waals surface area contributed by atoms with E-state index in [0.717, 1.165) is 24.3 Å². The van der Waals surface area contributed by atoms with Gasteiger partial charge in [0.05, 0.1) is 18.4 Å². The molecule has 110 valence electrons. The van der Waals surface area contributed by atoms with Crippen LogP contribution in [0.1, 0.15) is 45.6 Å². The van der Waals surface area contributed by atoms with Gasteiger partial charge in [-0.1, -0.05) is 27.2 Å². The maximum atomic E-state index is 12.1. The van der Waals surface area contributed by atoms with Gasteiger partial charge in [0, 0.05) is 6.20 Å². The van der Waals surface area contributed by atoms with Gasteiger partial charge in [0.2, 0.25) is 5.91 Å². The Morgan fingerprint density at radius 1 is 1.25 bits per heavy atom. The van der Waals surface area contributed by atoms with Crippen molar-refractivity contribution in [2.24, 2.45) is 0 Å². The van der Waals surface area contributed by atoms with Crippen molar-refractivity contribution in [1.82, 2.24) is 9.88 Å². The van der Waals surface area contributed by atoms with Crippen LogP contribution in [0, 0.1) is 0 Å². The van der Waals surface area contributed by atoms with Crippen LogP contribution >= 0.6 is 0 Å². The van der Waals surface area contributed by atoms with E-state index in [9.17, 15) is 4.79 Å². The number of nitrogens with one attached hydrogen (secondary N) is 1. The second-order valence-corrected chi connectivity index (χ2v) is 6.60. The van der Waals surface area contributed by atoms with E-state index in [-0.39, 0.29) is 11.3 Å². The van der Waals surface area contributed by atoms with Crippen LogP contribution in [-0.4, -0.2) is 35.4 Å². The predicted octanol–water partition coefficient (Wildman–Crippen LogP) is 2.80. The molecule has 4 nitrogen and oxygen atoms in total. The summed E-state index contributed by atoms with van der Waals surface area (Å²) in [5, 5.41) is 2.96. The second-order valence-electron chi connectivity index (χ2n) is 6.60. The number of aromatic nitrogens is 1. The summed E-state index contributed by atoms with van der Waals surface area (Å²) in [5.41, 5.74) is 1.97. The molecule has 0 saturated carbocycles. The van der Waals surface area contributed by atoms with Crippen molar-refractivity contribution in [2.45, 2.75) is 45.4 Å². The van der Waals surface area contributed by atoms with Crippen LogP contribution in [0.2, 0.25) is 0 Å². The Morgan fingerprint density at radius 2 is 1.95 bits per heavy atom. The van der Waals surface area contributed by atoms with Gasteiger partial charge in [0.15, 0.2) is 0 Å². The van der Waals surface area contributed by atoms with Crippen LogP contribution < -0.4 is 5.32 Å². The Balaban J connectivity index is 1.93. The first-order valence-corrected chi connectivity index (χ1v) is 7.43. The average Bonchev–Trinajstić information content (AvgIpc) is 2.39. The fourth-order valence-electron chi connectivity index (χ4n) is 2.44. The van der Waals surface area contributed by atoms with E-state index in [1.54, 1.807) is 6.20 Å². The van der Waals surface area contributed by atoms with Gasteiger partial charge in [0.25, 0.3) is 0 Å². The predicted molar refractivity (Wildman–Crippen MR) is 81.9 cm³/mol. The second kappa shape index (κ2) is 6.35. The van der Waals surface area contributed by atoms with Gasteiger partial charge in [-0.2, -0.15) is 0 Å². The zero-order chi connectivity index (χ0) is 14.6. The van der Waals surface area contributed by atoms with E-state index in [1.165, 1.54) is 19.3 Å². The third-order valence-electron chi connectivity index (χ3n) is 3.70. The Labute approximate surface area is 121 Å². The largest absolute Gasteiger partial charge is 0.324 e. The van der Waals surface area contributed by atoms with Crippen LogP contribution in [0.25, 0.3) is 0 Å². The van der Waals surface area contributed by atoms with Crippen molar-refractivity contribution in [3.8, 4) is 0 Å². The molecular formula is C16H25N3O. The number of likely N-dealkylation sites (tertiary alicyclic amines) is 1. The number of pyridine rings is 1. The Kier molecular flexibility index (Phi) is 4.76. The number of hydrogen-bond acceptors (Lipinski definition) is 3. The lowest BCUT2D eigenvalue weighted by atomic mass is 9.88. The monoisotopic (exact) mass is 275 g/mol. The standard InChI is InChI=1S/C16H25N3O/c1-16(2,3)13-9-14(11-17-10-13)18-15(20)12-19-7-5-4-6-8-19/h9-11H,4-8,12H2,1-3H3,(H,18,20). The SMILES string of the molecule is CC(C)(C)c1cncc(NC(=O)CN2CCCCC2)c1. The summed E-state index contributed by atoms with van der Waals surface area (Å²) in [6.07, 6.45) is 7.27. The maximum Gasteiger partial charge on any atom is 0.238 e. The van der Waals surface area contributed by atoms with Gasteiger partial charge in [-0.05, 0) is 43.0 Å². The molecule has 1 N–H and O–H groups in total. The summed E-state index contributed by atoms with van der Waals surface area (Å²) in [4.78, 5) is 18.5. The number of hydrogen-bond donors (Lipinski definition) is 1. The van der Waals surface area contributed by atoms with Crippen molar-refractivity contribution >= 4 is 11.6 Å². The highest BCUT2D eigenvalue weighted by molar-refractivity contribution is 5.92. The summed E-state index contributed by atoms with van der Waals surface area (Å²) in [6.45, 7) is 8.98. The number of piperidine rings is 1. The van der Waals surface area contributed by atoms with Crippen LogP contribution in [-0.2, 0) is 10.2 Å². The highest BCUT2D eigenvalue weighted by Crippen LogP contribution is 2.23. The molecule has 1 aliphatic heterocycles. The number of carbonyl (C=O) groups is 1. The minimum Gasteiger partial charge on any atom is -0.324 e. The molecule has 1 saturated heterocycles. The smallest absolute Gasteiger partial charge is 0.238 e. The third kappa shape index (κ3) is 4.30. The third-order valence-corrected chi connectivity index (χ3v) is 3.70. The van der Waals surface area contributed by atoms with E-state index in [0.29, 0.717) is 6.54 Å². The Morgan fingerprint density at radius 3 is 2.60 bits per heavy atom. The molecule has 1 fully saturated rings. The fraction of sp³-hybridized carbons (Fsp3) is 0.625. The molecule has 0 aromatic carbocycles. The van der Waals surface area contributed by atoms with Crippen LogP contribution in [0.4, 0.5) is 5.69 Å². The average molecular weight is 275 g/mol. The van der Waals surface area contributed by atoms with E-state index in [2.05, 4.69) is 36.0 Å². The minimum atomic E-state index is 0.0423. The Bertz CT molecular complexity index is 459. The molecule has 1 aliphatic rings. The van der Waals surface area contributed by atoms with E-state index in [4.69, 9.17) is 0 Å².